The van der Waals surface area contributed by atoms with Gasteiger partial charge in [-0.05, 0) is 18.2 Å². The Morgan fingerprint density at radius 1 is 1.59 bits per heavy atom. The van der Waals surface area contributed by atoms with Gasteiger partial charge in [-0.2, -0.15) is 5.26 Å². The lowest BCUT2D eigenvalue weighted by molar-refractivity contribution is -0.116. The maximum Gasteiger partial charge on any atom is 0.225 e. The Kier molecular flexibility index (Phi) is 3.06. The number of hydrogen-bond acceptors (Lipinski definition) is 3. The molecule has 1 amide bonds. The molecule has 0 radical (unpaired) electrons. The van der Waals surface area contributed by atoms with E-state index in [1.165, 1.54) is 0 Å². The van der Waals surface area contributed by atoms with Gasteiger partial charge in [-0.25, -0.2) is 4.98 Å². The summed E-state index contributed by atoms with van der Waals surface area (Å²) in [5.74, 6) is -0.151. The van der Waals surface area contributed by atoms with Crippen LogP contribution in [0.4, 0.5) is 5.69 Å². The molecule has 0 bridgehead atoms. The van der Waals surface area contributed by atoms with Crippen molar-refractivity contribution in [3.05, 3.63) is 24.5 Å². The smallest absolute Gasteiger partial charge is 0.225 e. The van der Waals surface area contributed by atoms with Gasteiger partial charge < -0.3 is 9.88 Å². The van der Waals surface area contributed by atoms with Crippen LogP contribution in [0.5, 0.6) is 0 Å². The van der Waals surface area contributed by atoms with Crippen LogP contribution in [-0.4, -0.2) is 15.5 Å². The quantitative estimate of drug-likeness (QED) is 0.870. The number of carbonyl (C=O) groups excluding carboxylic acids is 1. The molecule has 0 aliphatic heterocycles. The highest BCUT2D eigenvalue weighted by Gasteiger charge is 2.04. The van der Waals surface area contributed by atoms with Gasteiger partial charge in [0.15, 0.2) is 0 Å². The monoisotopic (exact) mass is 228 g/mol. The summed E-state index contributed by atoms with van der Waals surface area (Å²) in [5, 5.41) is 11.1. The molecule has 0 saturated heterocycles. The number of nitrogens with zero attached hydrogens (tertiary/aromatic N) is 3. The largest absolute Gasteiger partial charge is 0.334 e. The van der Waals surface area contributed by atoms with E-state index in [0.29, 0.717) is 5.69 Å². The molecule has 0 atom stereocenters. The SMILES string of the molecule is Cn1cnc2cc(NC(=O)CCC#N)ccc21. The van der Waals surface area contributed by atoms with Gasteiger partial charge in [-0.1, -0.05) is 0 Å². The highest BCUT2D eigenvalue weighted by atomic mass is 16.1. The summed E-state index contributed by atoms with van der Waals surface area (Å²) in [6.07, 6.45) is 2.18. The first-order valence-corrected chi connectivity index (χ1v) is 5.28. The van der Waals surface area contributed by atoms with Crippen molar-refractivity contribution < 1.29 is 4.79 Å². The maximum absolute atomic E-state index is 11.4. The second-order valence-electron chi connectivity index (χ2n) is 3.77. The Bertz CT molecular complexity index is 594. The highest BCUT2D eigenvalue weighted by Crippen LogP contribution is 2.17. The molecule has 1 N–H and O–H groups in total. The molecule has 5 nitrogen and oxygen atoms in total. The molecule has 0 saturated carbocycles. The Morgan fingerprint density at radius 2 is 2.41 bits per heavy atom. The lowest BCUT2D eigenvalue weighted by atomic mass is 10.2. The molecule has 17 heavy (non-hydrogen) atoms. The van der Waals surface area contributed by atoms with Crippen molar-refractivity contribution in [2.24, 2.45) is 7.05 Å². The van der Waals surface area contributed by atoms with Crippen molar-refractivity contribution in [3.8, 4) is 6.07 Å². The second kappa shape index (κ2) is 4.66. The first kappa shape index (κ1) is 11.1. The molecule has 1 aromatic heterocycles. The fourth-order valence-electron chi connectivity index (χ4n) is 1.61. The summed E-state index contributed by atoms with van der Waals surface area (Å²) in [6, 6.07) is 7.49. The van der Waals surface area contributed by atoms with Crippen LogP contribution in [0.3, 0.4) is 0 Å². The number of carbonyl (C=O) groups is 1. The van der Waals surface area contributed by atoms with Crippen molar-refractivity contribution >= 4 is 22.6 Å². The van der Waals surface area contributed by atoms with E-state index < -0.39 is 0 Å². The van der Waals surface area contributed by atoms with E-state index in [-0.39, 0.29) is 18.7 Å². The number of imidazole rings is 1. The molecule has 5 heteroatoms. The lowest BCUT2D eigenvalue weighted by Gasteiger charge is -2.03. The number of nitriles is 1. The zero-order valence-electron chi connectivity index (χ0n) is 9.47. The summed E-state index contributed by atoms with van der Waals surface area (Å²) in [7, 11) is 1.92. The van der Waals surface area contributed by atoms with Crippen molar-refractivity contribution in [1.82, 2.24) is 9.55 Å². The van der Waals surface area contributed by atoms with Crippen LogP contribution in [0.1, 0.15) is 12.8 Å². The second-order valence-corrected chi connectivity index (χ2v) is 3.77. The molecule has 0 aliphatic rings. The molecule has 1 aromatic carbocycles. The first-order valence-electron chi connectivity index (χ1n) is 5.28. The van der Waals surface area contributed by atoms with E-state index in [1.807, 2.05) is 35.9 Å². The predicted octanol–water partition coefficient (Wildman–Crippen LogP) is 1.82. The van der Waals surface area contributed by atoms with Crippen LogP contribution in [0.2, 0.25) is 0 Å². The van der Waals surface area contributed by atoms with Gasteiger partial charge >= 0.3 is 0 Å². The molecule has 2 aromatic rings. The van der Waals surface area contributed by atoms with Crippen molar-refractivity contribution in [2.75, 3.05) is 5.32 Å². The fraction of sp³-hybridized carbons (Fsp3) is 0.250. The number of hydrogen-bond donors (Lipinski definition) is 1. The zero-order chi connectivity index (χ0) is 12.3. The minimum atomic E-state index is -0.151. The van der Waals surface area contributed by atoms with E-state index in [4.69, 9.17) is 5.26 Å². The number of fused-ring (bicyclic) bond motifs is 1. The Balaban J connectivity index is 2.14. The van der Waals surface area contributed by atoms with Gasteiger partial charge in [0.2, 0.25) is 5.91 Å². The number of aromatic nitrogens is 2. The third-order valence-corrected chi connectivity index (χ3v) is 2.47. The summed E-state index contributed by atoms with van der Waals surface area (Å²) in [6.45, 7) is 0. The summed E-state index contributed by atoms with van der Waals surface area (Å²) in [5.41, 5.74) is 2.56. The van der Waals surface area contributed by atoms with Gasteiger partial charge in [0.05, 0.1) is 23.4 Å². The normalized spacial score (nSPS) is 10.1. The Labute approximate surface area is 98.7 Å². The number of nitrogens with one attached hydrogen (secondary N) is 1. The van der Waals surface area contributed by atoms with Gasteiger partial charge in [0.25, 0.3) is 0 Å². The zero-order valence-corrected chi connectivity index (χ0v) is 9.47. The fourth-order valence-corrected chi connectivity index (χ4v) is 1.61. The van der Waals surface area contributed by atoms with E-state index in [2.05, 4.69) is 10.3 Å². The van der Waals surface area contributed by atoms with E-state index in [9.17, 15) is 4.79 Å². The number of amides is 1. The summed E-state index contributed by atoms with van der Waals surface area (Å²) >= 11 is 0. The number of aryl methyl sites for hydroxylation is 1. The van der Waals surface area contributed by atoms with Crippen LogP contribution >= 0.6 is 0 Å². The third-order valence-electron chi connectivity index (χ3n) is 2.47. The van der Waals surface area contributed by atoms with Gasteiger partial charge in [0, 0.05) is 25.6 Å². The van der Waals surface area contributed by atoms with Crippen LogP contribution in [0.25, 0.3) is 11.0 Å². The highest BCUT2D eigenvalue weighted by molar-refractivity contribution is 5.93. The van der Waals surface area contributed by atoms with Crippen LogP contribution < -0.4 is 5.32 Å². The molecular weight excluding hydrogens is 216 g/mol. The van der Waals surface area contributed by atoms with Gasteiger partial charge in [0.1, 0.15) is 0 Å². The third kappa shape index (κ3) is 2.42. The van der Waals surface area contributed by atoms with Crippen molar-refractivity contribution in [1.29, 1.82) is 5.26 Å². The minimum Gasteiger partial charge on any atom is -0.334 e. The van der Waals surface area contributed by atoms with Crippen LogP contribution in [-0.2, 0) is 11.8 Å². The van der Waals surface area contributed by atoms with Crippen molar-refractivity contribution in [2.45, 2.75) is 12.8 Å². The molecular formula is C12H12N4O. The topological polar surface area (TPSA) is 70.7 Å². The van der Waals surface area contributed by atoms with Crippen LogP contribution in [0.15, 0.2) is 24.5 Å². The number of benzene rings is 1. The van der Waals surface area contributed by atoms with Crippen LogP contribution in [0, 0.1) is 11.3 Å². The van der Waals surface area contributed by atoms with Gasteiger partial charge in [-0.3, -0.25) is 4.79 Å². The number of rotatable bonds is 3. The Hall–Kier alpha value is -2.35. The molecule has 1 heterocycles. The van der Waals surface area contributed by atoms with Gasteiger partial charge in [-0.15, -0.1) is 0 Å². The maximum atomic E-state index is 11.4. The summed E-state index contributed by atoms with van der Waals surface area (Å²) in [4.78, 5) is 15.6. The molecule has 0 spiro atoms. The summed E-state index contributed by atoms with van der Waals surface area (Å²) < 4.78 is 1.91. The average Bonchev–Trinajstić information content (AvgIpc) is 2.68. The Morgan fingerprint density at radius 3 is 3.18 bits per heavy atom. The average molecular weight is 228 g/mol. The minimum absolute atomic E-state index is 0.151. The molecule has 2 rings (SSSR count). The first-order chi connectivity index (χ1) is 8.20. The lowest BCUT2D eigenvalue weighted by Crippen LogP contribution is -2.10. The molecule has 86 valence electrons. The number of anilines is 1. The molecule has 0 aliphatic carbocycles. The van der Waals surface area contributed by atoms with Crippen molar-refractivity contribution in [3.63, 3.8) is 0 Å². The molecule has 0 fully saturated rings. The standard InChI is InChI=1S/C12H12N4O/c1-16-8-14-10-7-9(4-5-11(10)16)15-12(17)3-2-6-13/h4-5,7-8H,2-3H2,1H3,(H,15,17). The molecule has 0 unspecified atom stereocenters. The predicted molar refractivity (Wildman–Crippen MR) is 64.2 cm³/mol. The van der Waals surface area contributed by atoms with E-state index >= 15 is 0 Å². The van der Waals surface area contributed by atoms with E-state index in [1.54, 1.807) is 6.33 Å². The van der Waals surface area contributed by atoms with E-state index in [0.717, 1.165) is 11.0 Å².